The summed E-state index contributed by atoms with van der Waals surface area (Å²) in [5, 5.41) is 10.9. The van der Waals surface area contributed by atoms with E-state index in [-0.39, 0.29) is 23.9 Å². The molecule has 61 heavy (non-hydrogen) atoms. The smallest absolute Gasteiger partial charge is 0.308 e. The van der Waals surface area contributed by atoms with Crippen LogP contribution in [0, 0.1) is 11.8 Å². The van der Waals surface area contributed by atoms with Crippen LogP contribution in [-0.2, 0) is 35.1 Å². The number of esters is 1. The monoisotopic (exact) mass is 861 g/mol. The molecule has 1 N–H and O–H groups in total. The van der Waals surface area contributed by atoms with Gasteiger partial charge in [-0.25, -0.2) is 0 Å². The van der Waals surface area contributed by atoms with Crippen molar-refractivity contribution < 1.29 is 33.6 Å². The Labute approximate surface area is 377 Å². The van der Waals surface area contributed by atoms with Gasteiger partial charge in [0, 0.05) is 25.7 Å². The second-order valence-electron chi connectivity index (χ2n) is 18.1. The highest BCUT2D eigenvalue weighted by Crippen LogP contribution is 2.24. The highest BCUT2D eigenvalue weighted by molar-refractivity contribution is 5.72. The van der Waals surface area contributed by atoms with E-state index in [4.69, 9.17) is 23.7 Å². The van der Waals surface area contributed by atoms with Crippen LogP contribution in [-0.4, -0.2) is 63.1 Å². The topological polar surface area (TPSA) is 83.5 Å². The minimum absolute atomic E-state index is 0.0357. The van der Waals surface area contributed by atoms with Crippen molar-refractivity contribution in [2.24, 2.45) is 11.8 Å². The molecule has 0 aromatic heterocycles. The predicted octanol–water partition coefficient (Wildman–Crippen LogP) is 15.3. The summed E-state index contributed by atoms with van der Waals surface area (Å²) in [7, 11) is 0. The number of carbonyl (C=O) groups is 1. The minimum Gasteiger partial charge on any atom is -0.465 e. The van der Waals surface area contributed by atoms with E-state index in [0.717, 1.165) is 95.5 Å². The second-order valence-corrected chi connectivity index (χ2v) is 18.1. The van der Waals surface area contributed by atoms with Crippen LogP contribution in [0.1, 0.15) is 239 Å². The Hall–Kier alpha value is -1.51. The molecule has 7 nitrogen and oxygen atoms in total. The molecule has 4 atom stereocenters. The molecular weight excluding hydrogens is 761 g/mol. The van der Waals surface area contributed by atoms with Crippen LogP contribution in [0.5, 0.6) is 0 Å². The Bertz CT molecular complexity index is 1020. The molecule has 0 aliphatic rings. The lowest BCUT2D eigenvalue weighted by atomic mass is 9.93. The van der Waals surface area contributed by atoms with Crippen molar-refractivity contribution in [2.75, 3.05) is 39.6 Å². The molecule has 0 fully saturated rings. The molecule has 1 rings (SSSR count). The maximum Gasteiger partial charge on any atom is 0.308 e. The van der Waals surface area contributed by atoms with Gasteiger partial charge in [0.25, 0.3) is 0 Å². The van der Waals surface area contributed by atoms with Gasteiger partial charge in [-0.3, -0.25) is 4.79 Å². The van der Waals surface area contributed by atoms with Crippen LogP contribution < -0.4 is 0 Å². The number of carbonyl (C=O) groups excluding carboxylic acids is 1. The summed E-state index contributed by atoms with van der Waals surface area (Å²) in [6, 6.07) is 10.3. The predicted molar refractivity (Wildman–Crippen MR) is 257 cm³/mol. The standard InChI is InChI=1S/C54H100O7/c1-5-9-13-17-19-30-40-50(38-28-15-11-7-3)53(55)60-44-34-22-21-32-42-57-47-52(48-58-46-49-36-26-25-27-37-49)59-43-33-23-24-35-45-61-54(56)51(39-29-16-12-8-4)41-31-20-18-14-10-6-2/h25-27,36-37,50-52,54,56H,5-24,28-35,38-48H2,1-4H3. The minimum atomic E-state index is -0.635. The Balaban J connectivity index is 2.34. The number of ether oxygens (including phenoxy) is 5. The molecule has 0 amide bonds. The number of aliphatic hydroxyl groups excluding tert-OH is 1. The van der Waals surface area contributed by atoms with Gasteiger partial charge in [0.15, 0.2) is 6.29 Å². The first kappa shape index (κ1) is 57.5. The molecule has 0 saturated heterocycles. The van der Waals surface area contributed by atoms with Crippen LogP contribution >= 0.6 is 0 Å². The number of hydrogen-bond donors (Lipinski definition) is 1. The van der Waals surface area contributed by atoms with Gasteiger partial charge in [-0.1, -0.05) is 206 Å². The van der Waals surface area contributed by atoms with E-state index in [0.29, 0.717) is 46.2 Å². The summed E-state index contributed by atoms with van der Waals surface area (Å²) in [5.41, 5.74) is 1.16. The van der Waals surface area contributed by atoms with Crippen molar-refractivity contribution >= 4 is 5.97 Å². The maximum atomic E-state index is 13.0. The van der Waals surface area contributed by atoms with E-state index < -0.39 is 6.29 Å². The average molecular weight is 861 g/mol. The SMILES string of the molecule is CCCCCCCCC(CCCCCC)C(=O)OCCCCCCOCC(COCc1ccccc1)OCCCCCCOC(O)C(CCCCCC)CCCCCCCC. The van der Waals surface area contributed by atoms with Gasteiger partial charge in [-0.15, -0.1) is 0 Å². The zero-order valence-corrected chi connectivity index (χ0v) is 40.7. The number of hydrogen-bond acceptors (Lipinski definition) is 7. The van der Waals surface area contributed by atoms with E-state index in [1.54, 1.807) is 0 Å². The van der Waals surface area contributed by atoms with Crippen molar-refractivity contribution in [3.05, 3.63) is 35.9 Å². The molecule has 0 aliphatic carbocycles. The lowest BCUT2D eigenvalue weighted by Crippen LogP contribution is -2.26. The van der Waals surface area contributed by atoms with Gasteiger partial charge in [0.05, 0.1) is 32.3 Å². The zero-order valence-electron chi connectivity index (χ0n) is 40.7. The molecule has 0 radical (unpaired) electrons. The maximum absolute atomic E-state index is 13.0. The van der Waals surface area contributed by atoms with Crippen molar-refractivity contribution in [1.29, 1.82) is 0 Å². The van der Waals surface area contributed by atoms with Crippen molar-refractivity contribution in [1.82, 2.24) is 0 Å². The van der Waals surface area contributed by atoms with E-state index in [2.05, 4.69) is 39.8 Å². The summed E-state index contributed by atoms with van der Waals surface area (Å²) >= 11 is 0. The largest absolute Gasteiger partial charge is 0.465 e. The third kappa shape index (κ3) is 36.5. The number of rotatable bonds is 48. The van der Waals surface area contributed by atoms with Gasteiger partial charge in [-0.05, 0) is 63.4 Å². The lowest BCUT2D eigenvalue weighted by Gasteiger charge is -2.23. The second kappa shape index (κ2) is 45.1. The quantitative estimate of drug-likeness (QED) is 0.0397. The number of aliphatic hydroxyl groups is 1. The van der Waals surface area contributed by atoms with Crippen LogP contribution in [0.25, 0.3) is 0 Å². The first-order chi connectivity index (χ1) is 30.0. The van der Waals surface area contributed by atoms with Crippen molar-refractivity contribution in [2.45, 2.75) is 252 Å². The Morgan fingerprint density at radius 1 is 0.475 bits per heavy atom. The van der Waals surface area contributed by atoms with Crippen molar-refractivity contribution in [3.63, 3.8) is 0 Å². The Morgan fingerprint density at radius 2 is 0.902 bits per heavy atom. The van der Waals surface area contributed by atoms with E-state index in [9.17, 15) is 9.90 Å². The number of benzene rings is 1. The van der Waals surface area contributed by atoms with Gasteiger partial charge in [0.2, 0.25) is 0 Å². The fourth-order valence-corrected chi connectivity index (χ4v) is 8.16. The summed E-state index contributed by atoms with van der Waals surface area (Å²) in [6.07, 6.45) is 36.5. The molecule has 0 saturated carbocycles. The summed E-state index contributed by atoms with van der Waals surface area (Å²) < 4.78 is 30.3. The fourth-order valence-electron chi connectivity index (χ4n) is 8.16. The van der Waals surface area contributed by atoms with Crippen LogP contribution in [0.4, 0.5) is 0 Å². The fraction of sp³-hybridized carbons (Fsp3) is 0.870. The Kier molecular flexibility index (Phi) is 42.5. The molecule has 1 aromatic rings. The number of unbranched alkanes of at least 4 members (excludes halogenated alkanes) is 22. The van der Waals surface area contributed by atoms with E-state index >= 15 is 0 Å². The summed E-state index contributed by atoms with van der Waals surface area (Å²) in [6.45, 7) is 13.1. The van der Waals surface area contributed by atoms with Crippen LogP contribution in [0.15, 0.2) is 30.3 Å². The summed E-state index contributed by atoms with van der Waals surface area (Å²) in [4.78, 5) is 13.0. The first-order valence-corrected chi connectivity index (χ1v) is 26.3. The molecule has 4 unspecified atom stereocenters. The van der Waals surface area contributed by atoms with Crippen LogP contribution in [0.2, 0.25) is 0 Å². The van der Waals surface area contributed by atoms with Gasteiger partial charge in [-0.2, -0.15) is 0 Å². The normalized spacial score (nSPS) is 13.7. The molecule has 1 aromatic carbocycles. The molecule has 358 valence electrons. The highest BCUT2D eigenvalue weighted by atomic mass is 16.6. The molecule has 0 heterocycles. The molecule has 7 heteroatoms. The average Bonchev–Trinajstić information content (AvgIpc) is 3.27. The molecule has 0 bridgehead atoms. The van der Waals surface area contributed by atoms with E-state index in [1.807, 2.05) is 18.2 Å². The molecule has 0 aliphatic heterocycles. The highest BCUT2D eigenvalue weighted by Gasteiger charge is 2.20. The van der Waals surface area contributed by atoms with Gasteiger partial charge >= 0.3 is 5.97 Å². The third-order valence-electron chi connectivity index (χ3n) is 12.2. The third-order valence-corrected chi connectivity index (χ3v) is 12.2. The summed E-state index contributed by atoms with van der Waals surface area (Å²) in [5.74, 6) is 0.372. The van der Waals surface area contributed by atoms with Crippen molar-refractivity contribution in [3.8, 4) is 0 Å². The molecule has 0 spiro atoms. The van der Waals surface area contributed by atoms with Gasteiger partial charge in [0.1, 0.15) is 6.10 Å². The van der Waals surface area contributed by atoms with Crippen LogP contribution in [0.3, 0.4) is 0 Å². The van der Waals surface area contributed by atoms with Gasteiger partial charge < -0.3 is 28.8 Å². The lowest BCUT2D eigenvalue weighted by molar-refractivity contribution is -0.149. The Morgan fingerprint density at radius 3 is 1.46 bits per heavy atom. The zero-order chi connectivity index (χ0) is 44.1. The molecular formula is C54H100O7. The van der Waals surface area contributed by atoms with E-state index in [1.165, 1.54) is 116 Å². The first-order valence-electron chi connectivity index (χ1n) is 26.3.